The molecule has 0 bridgehead atoms. The van der Waals surface area contributed by atoms with E-state index in [0.717, 1.165) is 0 Å². The van der Waals surface area contributed by atoms with Crippen molar-refractivity contribution in [2.75, 3.05) is 6.61 Å². The summed E-state index contributed by atoms with van der Waals surface area (Å²) >= 11 is 5.81. The van der Waals surface area contributed by atoms with Crippen LogP contribution in [0.3, 0.4) is 0 Å². The second kappa shape index (κ2) is 4.78. The van der Waals surface area contributed by atoms with E-state index in [0.29, 0.717) is 16.6 Å². The number of nitrogens with zero attached hydrogens (tertiary/aromatic N) is 1. The lowest BCUT2D eigenvalue weighted by molar-refractivity contribution is 0.0524. The van der Waals surface area contributed by atoms with Gasteiger partial charge in [0.05, 0.1) is 23.2 Å². The summed E-state index contributed by atoms with van der Waals surface area (Å²) in [5, 5.41) is 0.546. The molecule has 0 aliphatic rings. The van der Waals surface area contributed by atoms with E-state index in [9.17, 15) is 9.59 Å². The number of rotatable bonds is 2. The summed E-state index contributed by atoms with van der Waals surface area (Å²) in [7, 11) is 0. The normalized spacial score (nSPS) is 10.6. The van der Waals surface area contributed by atoms with E-state index in [1.54, 1.807) is 13.8 Å². The SMILES string of the molecule is CCOC(=O)c1c[nH]c2c(C)nc(Cl)cc2c1=O. The second-order valence-electron chi connectivity index (χ2n) is 3.70. The Kier molecular flexibility index (Phi) is 3.34. The zero-order valence-corrected chi connectivity index (χ0v) is 10.7. The standard InChI is InChI=1S/C12H11ClN2O3/c1-3-18-12(17)8-5-14-10-6(2)15-9(13)4-7(10)11(8)16/h4-5H,3H2,1-2H3,(H,14,16). The van der Waals surface area contributed by atoms with E-state index in [2.05, 4.69) is 9.97 Å². The first kappa shape index (κ1) is 12.6. The van der Waals surface area contributed by atoms with Gasteiger partial charge in [0.25, 0.3) is 0 Å². The van der Waals surface area contributed by atoms with Gasteiger partial charge in [0.15, 0.2) is 0 Å². The van der Waals surface area contributed by atoms with E-state index in [-0.39, 0.29) is 17.3 Å². The van der Waals surface area contributed by atoms with Gasteiger partial charge in [-0.2, -0.15) is 0 Å². The number of fused-ring (bicyclic) bond motifs is 1. The lowest BCUT2D eigenvalue weighted by atomic mass is 10.1. The Morgan fingerprint density at radius 1 is 1.56 bits per heavy atom. The van der Waals surface area contributed by atoms with E-state index in [4.69, 9.17) is 16.3 Å². The van der Waals surface area contributed by atoms with E-state index < -0.39 is 11.4 Å². The summed E-state index contributed by atoms with van der Waals surface area (Å²) < 4.78 is 4.81. The molecule has 18 heavy (non-hydrogen) atoms. The Hall–Kier alpha value is -1.88. The van der Waals surface area contributed by atoms with Crippen LogP contribution in [0.1, 0.15) is 23.0 Å². The predicted molar refractivity (Wildman–Crippen MR) is 68.1 cm³/mol. The highest BCUT2D eigenvalue weighted by Gasteiger charge is 2.15. The van der Waals surface area contributed by atoms with Gasteiger partial charge in [-0.25, -0.2) is 9.78 Å². The summed E-state index contributed by atoms with van der Waals surface area (Å²) in [6.45, 7) is 3.62. The first-order valence-electron chi connectivity index (χ1n) is 5.40. The van der Waals surface area contributed by atoms with Crippen LogP contribution in [0, 0.1) is 6.92 Å². The molecule has 2 rings (SSSR count). The number of pyridine rings is 2. The van der Waals surface area contributed by atoms with Gasteiger partial charge in [0, 0.05) is 6.20 Å². The van der Waals surface area contributed by atoms with Crippen LogP contribution in [-0.4, -0.2) is 22.5 Å². The van der Waals surface area contributed by atoms with Crippen LogP contribution in [0.4, 0.5) is 0 Å². The molecule has 1 N–H and O–H groups in total. The van der Waals surface area contributed by atoms with Crippen molar-refractivity contribution in [1.29, 1.82) is 0 Å². The molecule has 0 aliphatic heterocycles. The van der Waals surface area contributed by atoms with Crippen molar-refractivity contribution in [2.24, 2.45) is 0 Å². The van der Waals surface area contributed by atoms with Gasteiger partial charge in [-0.1, -0.05) is 11.6 Å². The van der Waals surface area contributed by atoms with Crippen LogP contribution in [0.2, 0.25) is 5.15 Å². The molecule has 2 aromatic rings. The van der Waals surface area contributed by atoms with Gasteiger partial charge in [-0.05, 0) is 19.9 Å². The van der Waals surface area contributed by atoms with Crippen molar-refractivity contribution in [3.05, 3.63) is 38.9 Å². The highest BCUT2D eigenvalue weighted by atomic mass is 35.5. The lowest BCUT2D eigenvalue weighted by Crippen LogP contribution is -2.18. The summed E-state index contributed by atoms with van der Waals surface area (Å²) in [4.78, 5) is 30.6. The average molecular weight is 267 g/mol. The Bertz CT molecular complexity index is 679. The number of aromatic nitrogens is 2. The van der Waals surface area contributed by atoms with Gasteiger partial charge in [0.1, 0.15) is 10.7 Å². The van der Waals surface area contributed by atoms with Crippen molar-refractivity contribution < 1.29 is 9.53 Å². The third-order valence-corrected chi connectivity index (χ3v) is 2.71. The van der Waals surface area contributed by atoms with Crippen LogP contribution >= 0.6 is 11.6 Å². The third kappa shape index (κ3) is 2.09. The number of carbonyl (C=O) groups excluding carboxylic acids is 1. The molecule has 0 radical (unpaired) electrons. The maximum absolute atomic E-state index is 12.1. The minimum Gasteiger partial charge on any atom is -0.462 e. The second-order valence-corrected chi connectivity index (χ2v) is 4.09. The molecule has 0 unspecified atom stereocenters. The Morgan fingerprint density at radius 2 is 2.28 bits per heavy atom. The number of nitrogens with one attached hydrogen (secondary N) is 1. The average Bonchev–Trinajstić information content (AvgIpc) is 2.30. The first-order chi connectivity index (χ1) is 8.54. The third-order valence-electron chi connectivity index (χ3n) is 2.51. The largest absolute Gasteiger partial charge is 0.462 e. The highest BCUT2D eigenvalue weighted by molar-refractivity contribution is 6.30. The van der Waals surface area contributed by atoms with Crippen LogP contribution < -0.4 is 5.43 Å². The zero-order valence-electron chi connectivity index (χ0n) is 9.91. The number of carbonyl (C=O) groups is 1. The molecule has 0 saturated heterocycles. The van der Waals surface area contributed by atoms with Crippen molar-refractivity contribution in [1.82, 2.24) is 9.97 Å². The monoisotopic (exact) mass is 266 g/mol. The van der Waals surface area contributed by atoms with Crippen molar-refractivity contribution in [3.8, 4) is 0 Å². The van der Waals surface area contributed by atoms with Crippen molar-refractivity contribution in [2.45, 2.75) is 13.8 Å². The Morgan fingerprint density at radius 3 is 2.94 bits per heavy atom. The summed E-state index contributed by atoms with van der Waals surface area (Å²) in [5.41, 5.74) is 0.725. The Balaban J connectivity index is 2.71. The first-order valence-corrected chi connectivity index (χ1v) is 5.78. The molecule has 0 amide bonds. The number of aromatic amines is 1. The highest BCUT2D eigenvalue weighted by Crippen LogP contribution is 2.16. The fourth-order valence-corrected chi connectivity index (χ4v) is 1.95. The van der Waals surface area contributed by atoms with Crippen LogP contribution in [0.15, 0.2) is 17.1 Å². The lowest BCUT2D eigenvalue weighted by Gasteiger charge is -2.05. The van der Waals surface area contributed by atoms with E-state index >= 15 is 0 Å². The number of H-pyrrole nitrogens is 1. The molecule has 2 heterocycles. The van der Waals surface area contributed by atoms with Gasteiger partial charge in [-0.15, -0.1) is 0 Å². The number of ether oxygens (including phenoxy) is 1. The van der Waals surface area contributed by atoms with Gasteiger partial charge < -0.3 is 9.72 Å². The number of halogens is 1. The minimum absolute atomic E-state index is 0.0361. The molecular formula is C12H11ClN2O3. The molecule has 0 fully saturated rings. The van der Waals surface area contributed by atoms with Crippen LogP contribution in [0.25, 0.3) is 10.9 Å². The molecule has 94 valence electrons. The number of hydrogen-bond donors (Lipinski definition) is 1. The maximum atomic E-state index is 12.1. The summed E-state index contributed by atoms with van der Waals surface area (Å²) in [6, 6.07) is 1.44. The smallest absolute Gasteiger partial charge is 0.343 e. The molecule has 0 aromatic carbocycles. The molecule has 0 spiro atoms. The fourth-order valence-electron chi connectivity index (χ4n) is 1.71. The zero-order chi connectivity index (χ0) is 13.3. The number of aryl methyl sites for hydroxylation is 1. The van der Waals surface area contributed by atoms with Crippen LogP contribution in [-0.2, 0) is 4.74 Å². The van der Waals surface area contributed by atoms with Crippen LogP contribution in [0.5, 0.6) is 0 Å². The van der Waals surface area contributed by atoms with Crippen molar-refractivity contribution in [3.63, 3.8) is 0 Å². The van der Waals surface area contributed by atoms with E-state index in [1.165, 1.54) is 12.3 Å². The van der Waals surface area contributed by atoms with E-state index in [1.807, 2.05) is 0 Å². The molecule has 0 aliphatic carbocycles. The fraction of sp³-hybridized carbons (Fsp3) is 0.250. The molecule has 5 nitrogen and oxygen atoms in total. The Labute approximate surface area is 108 Å². The van der Waals surface area contributed by atoms with Gasteiger partial charge in [0.2, 0.25) is 5.43 Å². The quantitative estimate of drug-likeness (QED) is 0.667. The number of hydrogen-bond acceptors (Lipinski definition) is 4. The molecule has 6 heteroatoms. The summed E-state index contributed by atoms with van der Waals surface area (Å²) in [5.74, 6) is -0.647. The summed E-state index contributed by atoms with van der Waals surface area (Å²) in [6.07, 6.45) is 1.34. The van der Waals surface area contributed by atoms with Gasteiger partial charge >= 0.3 is 5.97 Å². The topological polar surface area (TPSA) is 72.1 Å². The van der Waals surface area contributed by atoms with Crippen molar-refractivity contribution >= 4 is 28.5 Å². The predicted octanol–water partition coefficient (Wildman–Crippen LogP) is 2.06. The molecule has 0 saturated carbocycles. The minimum atomic E-state index is -0.647. The number of esters is 1. The van der Waals surface area contributed by atoms with Gasteiger partial charge in [-0.3, -0.25) is 4.79 Å². The molecule has 2 aromatic heterocycles. The maximum Gasteiger partial charge on any atom is 0.343 e. The molecular weight excluding hydrogens is 256 g/mol. The molecule has 0 atom stereocenters.